The fraction of sp³-hybridized carbons (Fsp3) is 0.0833. The third kappa shape index (κ3) is 2.17. The minimum absolute atomic E-state index is 0.0198. The van der Waals surface area contributed by atoms with E-state index in [0.29, 0.717) is 0 Å². The fourth-order valence-electron chi connectivity index (χ4n) is 1.45. The Labute approximate surface area is 92.3 Å². The molecular formula is C12H11FN2O. The molecule has 0 amide bonds. The van der Waals surface area contributed by atoms with Crippen LogP contribution >= 0.6 is 0 Å². The second-order valence-electron chi connectivity index (χ2n) is 3.29. The van der Waals surface area contributed by atoms with E-state index in [4.69, 9.17) is 5.11 Å². The van der Waals surface area contributed by atoms with E-state index in [1.807, 2.05) is 0 Å². The van der Waals surface area contributed by atoms with Crippen LogP contribution in [0.3, 0.4) is 0 Å². The molecule has 2 aromatic rings. The van der Waals surface area contributed by atoms with Crippen LogP contribution in [0.5, 0.6) is 0 Å². The molecule has 2 N–H and O–H groups in total. The van der Waals surface area contributed by atoms with Crippen molar-refractivity contribution in [1.82, 2.24) is 10.2 Å². The molecule has 0 saturated carbocycles. The molecule has 0 unspecified atom stereocenters. The van der Waals surface area contributed by atoms with Crippen molar-refractivity contribution < 1.29 is 9.50 Å². The predicted molar refractivity (Wildman–Crippen MR) is 60.1 cm³/mol. The van der Waals surface area contributed by atoms with E-state index in [9.17, 15) is 4.39 Å². The summed E-state index contributed by atoms with van der Waals surface area (Å²) in [5.41, 5.74) is 2.53. The summed E-state index contributed by atoms with van der Waals surface area (Å²) in [5.74, 6) is -0.268. The van der Waals surface area contributed by atoms with Crippen molar-refractivity contribution in [1.29, 1.82) is 0 Å². The Hall–Kier alpha value is -1.94. The molecule has 0 aliphatic rings. The van der Waals surface area contributed by atoms with E-state index in [1.54, 1.807) is 30.5 Å². The van der Waals surface area contributed by atoms with Crippen molar-refractivity contribution in [3.63, 3.8) is 0 Å². The molecule has 1 aromatic heterocycles. The molecule has 16 heavy (non-hydrogen) atoms. The largest absolute Gasteiger partial charge is 0.392 e. The number of aromatic nitrogens is 2. The normalized spacial score (nSPS) is 11.1. The van der Waals surface area contributed by atoms with E-state index < -0.39 is 0 Å². The van der Waals surface area contributed by atoms with Gasteiger partial charge in [0.2, 0.25) is 0 Å². The van der Waals surface area contributed by atoms with E-state index in [0.717, 1.165) is 16.8 Å². The van der Waals surface area contributed by atoms with Gasteiger partial charge in [-0.25, -0.2) is 4.39 Å². The molecule has 2 rings (SSSR count). The van der Waals surface area contributed by atoms with Gasteiger partial charge in [-0.2, -0.15) is 5.10 Å². The number of aliphatic hydroxyl groups excluding tert-OH is 1. The monoisotopic (exact) mass is 218 g/mol. The van der Waals surface area contributed by atoms with Gasteiger partial charge < -0.3 is 5.11 Å². The highest BCUT2D eigenvalue weighted by atomic mass is 19.1. The van der Waals surface area contributed by atoms with Crippen LogP contribution in [0.4, 0.5) is 4.39 Å². The van der Waals surface area contributed by atoms with Crippen LogP contribution < -0.4 is 0 Å². The van der Waals surface area contributed by atoms with Crippen molar-refractivity contribution in [2.45, 2.75) is 0 Å². The van der Waals surface area contributed by atoms with E-state index >= 15 is 0 Å². The third-order valence-corrected chi connectivity index (χ3v) is 2.20. The van der Waals surface area contributed by atoms with Crippen molar-refractivity contribution >= 4 is 6.08 Å². The van der Waals surface area contributed by atoms with Crippen LogP contribution in [0, 0.1) is 5.82 Å². The minimum Gasteiger partial charge on any atom is -0.392 e. The van der Waals surface area contributed by atoms with Crippen LogP contribution in [0.2, 0.25) is 0 Å². The number of aromatic amines is 1. The molecule has 0 spiro atoms. The van der Waals surface area contributed by atoms with Gasteiger partial charge in [-0.1, -0.05) is 12.2 Å². The molecule has 82 valence electrons. The average Bonchev–Trinajstić information content (AvgIpc) is 2.75. The minimum atomic E-state index is -0.268. The van der Waals surface area contributed by atoms with Crippen LogP contribution in [0.15, 0.2) is 36.5 Å². The van der Waals surface area contributed by atoms with Gasteiger partial charge in [0.05, 0.1) is 18.5 Å². The van der Waals surface area contributed by atoms with E-state index in [1.165, 1.54) is 12.1 Å². The first-order valence-corrected chi connectivity index (χ1v) is 4.88. The van der Waals surface area contributed by atoms with Crippen molar-refractivity contribution in [3.8, 4) is 11.3 Å². The molecule has 1 aromatic carbocycles. The van der Waals surface area contributed by atoms with Crippen LogP contribution in [-0.2, 0) is 0 Å². The van der Waals surface area contributed by atoms with Gasteiger partial charge in [0.15, 0.2) is 0 Å². The number of halogens is 1. The number of benzene rings is 1. The van der Waals surface area contributed by atoms with Gasteiger partial charge in [-0.05, 0) is 24.3 Å². The Bertz CT molecular complexity index is 488. The summed E-state index contributed by atoms with van der Waals surface area (Å²) in [6.07, 6.45) is 5.05. The number of nitrogens with zero attached hydrogens (tertiary/aromatic N) is 1. The van der Waals surface area contributed by atoms with Gasteiger partial charge in [0, 0.05) is 11.1 Å². The van der Waals surface area contributed by atoms with Gasteiger partial charge in [-0.15, -0.1) is 0 Å². The SMILES string of the molecule is OC/C=C/c1cn[nH]c1-c1ccc(F)cc1. The summed E-state index contributed by atoms with van der Waals surface area (Å²) in [5, 5.41) is 15.5. The van der Waals surface area contributed by atoms with Gasteiger partial charge in [-0.3, -0.25) is 5.10 Å². The first kappa shape index (κ1) is 10.6. The molecule has 3 nitrogen and oxygen atoms in total. The molecule has 0 radical (unpaired) electrons. The molecule has 0 bridgehead atoms. The number of aliphatic hydroxyl groups is 1. The summed E-state index contributed by atoms with van der Waals surface area (Å²) in [7, 11) is 0. The lowest BCUT2D eigenvalue weighted by atomic mass is 10.1. The van der Waals surface area contributed by atoms with Gasteiger partial charge in [0.1, 0.15) is 5.82 Å². The molecule has 0 aliphatic heterocycles. The maximum Gasteiger partial charge on any atom is 0.123 e. The second-order valence-corrected chi connectivity index (χ2v) is 3.29. The van der Waals surface area contributed by atoms with Crippen LogP contribution in [0.25, 0.3) is 17.3 Å². The number of rotatable bonds is 3. The molecule has 4 heteroatoms. The van der Waals surface area contributed by atoms with E-state index in [-0.39, 0.29) is 12.4 Å². The van der Waals surface area contributed by atoms with Gasteiger partial charge in [0.25, 0.3) is 0 Å². The van der Waals surface area contributed by atoms with Crippen molar-refractivity contribution in [2.24, 2.45) is 0 Å². The quantitative estimate of drug-likeness (QED) is 0.829. The molecule has 0 aliphatic carbocycles. The Morgan fingerprint density at radius 1 is 1.31 bits per heavy atom. The summed E-state index contributed by atoms with van der Waals surface area (Å²) < 4.78 is 12.8. The highest BCUT2D eigenvalue weighted by molar-refractivity contribution is 5.71. The summed E-state index contributed by atoms with van der Waals surface area (Å²) >= 11 is 0. The van der Waals surface area contributed by atoms with Crippen molar-refractivity contribution in [2.75, 3.05) is 6.61 Å². The predicted octanol–water partition coefficient (Wildman–Crippen LogP) is 2.22. The third-order valence-electron chi connectivity index (χ3n) is 2.20. The Balaban J connectivity index is 2.36. The number of nitrogens with one attached hydrogen (secondary N) is 1. The zero-order valence-corrected chi connectivity index (χ0v) is 8.52. The average molecular weight is 218 g/mol. The molecule has 0 fully saturated rings. The molecule has 0 atom stereocenters. The van der Waals surface area contributed by atoms with Crippen LogP contribution in [-0.4, -0.2) is 21.9 Å². The Kier molecular flexibility index (Phi) is 3.12. The lowest BCUT2D eigenvalue weighted by molar-refractivity contribution is 0.343. The zero-order chi connectivity index (χ0) is 11.4. The van der Waals surface area contributed by atoms with Crippen molar-refractivity contribution in [3.05, 3.63) is 47.9 Å². The smallest absolute Gasteiger partial charge is 0.123 e. The molecular weight excluding hydrogens is 207 g/mol. The Morgan fingerprint density at radius 2 is 2.06 bits per heavy atom. The first-order valence-electron chi connectivity index (χ1n) is 4.88. The summed E-state index contributed by atoms with van der Waals surface area (Å²) in [4.78, 5) is 0. The molecule has 1 heterocycles. The topological polar surface area (TPSA) is 48.9 Å². The summed E-state index contributed by atoms with van der Waals surface area (Å²) in [6, 6.07) is 6.16. The summed E-state index contributed by atoms with van der Waals surface area (Å²) in [6.45, 7) is -0.0198. The van der Waals surface area contributed by atoms with E-state index in [2.05, 4.69) is 10.2 Å². The number of H-pyrrole nitrogens is 1. The Morgan fingerprint density at radius 3 is 2.75 bits per heavy atom. The fourth-order valence-corrected chi connectivity index (χ4v) is 1.45. The maximum absolute atomic E-state index is 12.8. The standard InChI is InChI=1S/C12H11FN2O/c13-11-5-3-9(4-6-11)12-10(2-1-7-16)8-14-15-12/h1-6,8,16H,7H2,(H,14,15)/b2-1+. The highest BCUT2D eigenvalue weighted by Gasteiger charge is 2.04. The maximum atomic E-state index is 12.8. The number of hydrogen-bond donors (Lipinski definition) is 2. The van der Waals surface area contributed by atoms with Gasteiger partial charge >= 0.3 is 0 Å². The first-order chi connectivity index (χ1) is 7.81. The zero-order valence-electron chi connectivity index (χ0n) is 8.52. The van der Waals surface area contributed by atoms with Crippen LogP contribution in [0.1, 0.15) is 5.56 Å². The number of hydrogen-bond acceptors (Lipinski definition) is 2. The molecule has 0 saturated heterocycles. The lowest BCUT2D eigenvalue weighted by Crippen LogP contribution is -1.82. The lowest BCUT2D eigenvalue weighted by Gasteiger charge is -1.99. The highest BCUT2D eigenvalue weighted by Crippen LogP contribution is 2.22. The second kappa shape index (κ2) is 4.72.